The molecule has 3 aromatic rings. The second-order valence-electron chi connectivity index (χ2n) is 3.79. The lowest BCUT2D eigenvalue weighted by Gasteiger charge is -2.08. The van der Waals surface area contributed by atoms with Crippen LogP contribution < -0.4 is 0 Å². The van der Waals surface area contributed by atoms with Crippen molar-refractivity contribution in [2.75, 3.05) is 0 Å². The summed E-state index contributed by atoms with van der Waals surface area (Å²) in [5.41, 5.74) is 0. The number of fused-ring (bicyclic) bond motifs is 3. The summed E-state index contributed by atoms with van der Waals surface area (Å²) in [5, 5.41) is 23.1. The van der Waals surface area contributed by atoms with Crippen LogP contribution in [0.4, 0.5) is 0 Å². The maximum Gasteiger partial charge on any atom is 0.166 e. The van der Waals surface area contributed by atoms with E-state index < -0.39 is 0 Å². The van der Waals surface area contributed by atoms with Crippen LogP contribution in [0.15, 0.2) is 48.5 Å². The summed E-state index contributed by atoms with van der Waals surface area (Å²) in [4.78, 5) is 0. The Balaban J connectivity index is 0.00000108. The Hall–Kier alpha value is -1.74. The molecule has 3 heteroatoms. The van der Waals surface area contributed by atoms with Gasteiger partial charge >= 0.3 is 0 Å². The van der Waals surface area contributed by atoms with Gasteiger partial charge in [-0.1, -0.05) is 48.5 Å². The lowest BCUT2D eigenvalue weighted by atomic mass is 10.0. The average Bonchev–Trinajstić information content (AvgIpc) is 2.36. The van der Waals surface area contributed by atoms with Crippen LogP contribution >= 0.6 is 17.0 Å². The van der Waals surface area contributed by atoms with Crippen LogP contribution in [0.1, 0.15) is 0 Å². The fourth-order valence-electron chi connectivity index (χ4n) is 2.10. The zero-order chi connectivity index (χ0) is 11.1. The molecule has 0 saturated carbocycles. The molecule has 0 amide bonds. The maximum absolute atomic E-state index is 9.91. The Morgan fingerprint density at radius 3 is 1.18 bits per heavy atom. The van der Waals surface area contributed by atoms with Gasteiger partial charge in [-0.15, -0.1) is 17.0 Å². The number of benzene rings is 3. The predicted molar refractivity (Wildman–Crippen MR) is 75.1 cm³/mol. The van der Waals surface area contributed by atoms with E-state index in [9.17, 15) is 10.2 Å². The Morgan fingerprint density at radius 1 is 0.529 bits per heavy atom. The van der Waals surface area contributed by atoms with Crippen molar-refractivity contribution in [1.82, 2.24) is 0 Å². The van der Waals surface area contributed by atoms with Gasteiger partial charge in [-0.25, -0.2) is 0 Å². The molecule has 2 nitrogen and oxygen atoms in total. The molecule has 17 heavy (non-hydrogen) atoms. The minimum Gasteiger partial charge on any atom is -0.504 e. The van der Waals surface area contributed by atoms with Gasteiger partial charge in [-0.3, -0.25) is 0 Å². The molecule has 0 atom stereocenters. The first-order chi connectivity index (χ1) is 7.79. The largest absolute Gasteiger partial charge is 0.504 e. The van der Waals surface area contributed by atoms with E-state index in [4.69, 9.17) is 0 Å². The number of halogens is 1. The Kier molecular flexibility index (Phi) is 2.94. The molecule has 0 unspecified atom stereocenters. The summed E-state index contributed by atoms with van der Waals surface area (Å²) in [7, 11) is 0. The van der Waals surface area contributed by atoms with Crippen molar-refractivity contribution < 1.29 is 10.2 Å². The van der Waals surface area contributed by atoms with Gasteiger partial charge in [0.25, 0.3) is 0 Å². The number of rotatable bonds is 0. The Bertz CT molecular complexity index is 631. The summed E-state index contributed by atoms with van der Waals surface area (Å²) >= 11 is 0. The molecule has 0 aliphatic heterocycles. The Morgan fingerprint density at radius 2 is 0.824 bits per heavy atom. The lowest BCUT2D eigenvalue weighted by molar-refractivity contribution is 0.412. The van der Waals surface area contributed by atoms with Gasteiger partial charge in [0.1, 0.15) is 0 Å². The topological polar surface area (TPSA) is 40.5 Å². The van der Waals surface area contributed by atoms with Crippen molar-refractivity contribution in [3.05, 3.63) is 48.5 Å². The highest BCUT2D eigenvalue weighted by Gasteiger charge is 2.11. The van der Waals surface area contributed by atoms with Gasteiger partial charge in [-0.2, -0.15) is 0 Å². The molecular weight excluding hydrogens is 280 g/mol. The van der Waals surface area contributed by atoms with Crippen molar-refractivity contribution in [3.63, 3.8) is 0 Å². The molecule has 2 N–H and O–H groups in total. The van der Waals surface area contributed by atoms with Crippen molar-refractivity contribution >= 4 is 38.5 Å². The van der Waals surface area contributed by atoms with Crippen molar-refractivity contribution in [3.8, 4) is 11.5 Å². The molecule has 86 valence electrons. The number of hydrogen-bond acceptors (Lipinski definition) is 2. The maximum atomic E-state index is 9.91. The van der Waals surface area contributed by atoms with Crippen LogP contribution in [0.2, 0.25) is 0 Å². The van der Waals surface area contributed by atoms with Crippen LogP contribution in [-0.4, -0.2) is 10.2 Å². The molecule has 0 aliphatic carbocycles. The number of hydrogen-bond donors (Lipinski definition) is 2. The summed E-state index contributed by atoms with van der Waals surface area (Å²) in [6.45, 7) is 0. The van der Waals surface area contributed by atoms with Gasteiger partial charge in [0.05, 0.1) is 0 Å². The van der Waals surface area contributed by atoms with Crippen LogP contribution in [0.3, 0.4) is 0 Å². The first kappa shape index (κ1) is 11.7. The highest BCUT2D eigenvalue weighted by atomic mass is 79.9. The fraction of sp³-hybridized carbons (Fsp3) is 0. The first-order valence-electron chi connectivity index (χ1n) is 5.10. The summed E-state index contributed by atoms with van der Waals surface area (Å²) in [5.74, 6) is -0.0939. The van der Waals surface area contributed by atoms with Crippen LogP contribution in [0.25, 0.3) is 21.5 Å². The van der Waals surface area contributed by atoms with E-state index >= 15 is 0 Å². The summed E-state index contributed by atoms with van der Waals surface area (Å²) < 4.78 is 0. The zero-order valence-corrected chi connectivity index (χ0v) is 10.6. The van der Waals surface area contributed by atoms with Crippen LogP contribution in [0, 0.1) is 0 Å². The average molecular weight is 291 g/mol. The fourth-order valence-corrected chi connectivity index (χ4v) is 2.10. The van der Waals surface area contributed by atoms with Crippen LogP contribution in [-0.2, 0) is 0 Å². The van der Waals surface area contributed by atoms with E-state index in [1.807, 2.05) is 36.4 Å². The second kappa shape index (κ2) is 4.26. The molecule has 0 spiro atoms. The predicted octanol–water partition coefficient (Wildman–Crippen LogP) is 3.98. The van der Waals surface area contributed by atoms with E-state index in [0.717, 1.165) is 10.8 Å². The number of phenolic OH excluding ortho intramolecular Hbond substituents is 2. The van der Waals surface area contributed by atoms with E-state index in [1.165, 1.54) is 0 Å². The molecule has 0 bridgehead atoms. The third kappa shape index (κ3) is 1.63. The van der Waals surface area contributed by atoms with Crippen LogP contribution in [0.5, 0.6) is 11.5 Å². The number of aromatic hydroxyl groups is 2. The van der Waals surface area contributed by atoms with Crippen molar-refractivity contribution in [2.45, 2.75) is 0 Å². The molecular formula is C14H11BrO2. The molecule has 0 saturated heterocycles. The quantitative estimate of drug-likeness (QED) is 0.486. The third-order valence-corrected chi connectivity index (χ3v) is 2.88. The van der Waals surface area contributed by atoms with Crippen molar-refractivity contribution in [2.24, 2.45) is 0 Å². The standard InChI is InChI=1S/C14H10O2.BrH/c15-13-11-7-3-1-5-9(11)10-6-2-4-8-12(10)14(13)16;/h1-8,15-16H;1H. The molecule has 3 rings (SSSR count). The smallest absolute Gasteiger partial charge is 0.166 e. The van der Waals surface area contributed by atoms with E-state index in [2.05, 4.69) is 0 Å². The molecule has 0 radical (unpaired) electrons. The Labute approximate surface area is 109 Å². The second-order valence-corrected chi connectivity index (χ2v) is 3.79. The van der Waals surface area contributed by atoms with E-state index in [0.29, 0.717) is 10.8 Å². The minimum atomic E-state index is -0.0469. The summed E-state index contributed by atoms with van der Waals surface area (Å²) in [6, 6.07) is 15.0. The van der Waals surface area contributed by atoms with E-state index in [1.54, 1.807) is 12.1 Å². The first-order valence-corrected chi connectivity index (χ1v) is 5.10. The number of phenols is 2. The third-order valence-electron chi connectivity index (χ3n) is 2.88. The SMILES string of the molecule is Br.Oc1c(O)c2ccccc2c2ccccc12. The van der Waals surface area contributed by atoms with Gasteiger partial charge < -0.3 is 10.2 Å². The molecule has 3 aromatic carbocycles. The van der Waals surface area contributed by atoms with Gasteiger partial charge in [0.15, 0.2) is 11.5 Å². The highest BCUT2D eigenvalue weighted by Crippen LogP contribution is 2.41. The normalized spacial score (nSPS) is 10.4. The van der Waals surface area contributed by atoms with Gasteiger partial charge in [-0.05, 0) is 10.8 Å². The van der Waals surface area contributed by atoms with Gasteiger partial charge in [0.2, 0.25) is 0 Å². The van der Waals surface area contributed by atoms with Crippen molar-refractivity contribution in [1.29, 1.82) is 0 Å². The monoisotopic (exact) mass is 290 g/mol. The van der Waals surface area contributed by atoms with E-state index in [-0.39, 0.29) is 28.5 Å². The minimum absolute atomic E-state index is 0. The molecule has 0 aromatic heterocycles. The highest BCUT2D eigenvalue weighted by molar-refractivity contribution is 8.93. The molecule has 0 heterocycles. The zero-order valence-electron chi connectivity index (χ0n) is 8.92. The molecule has 0 fully saturated rings. The molecule has 0 aliphatic rings. The lowest BCUT2D eigenvalue weighted by Crippen LogP contribution is -1.80. The summed E-state index contributed by atoms with van der Waals surface area (Å²) in [6.07, 6.45) is 0. The van der Waals surface area contributed by atoms with Gasteiger partial charge in [0, 0.05) is 10.8 Å².